The molecule has 0 radical (unpaired) electrons. The fraction of sp³-hybridized carbons (Fsp3) is 0.800. The lowest BCUT2D eigenvalue weighted by atomic mass is 9.95. The second kappa shape index (κ2) is 6.03. The fourth-order valence-corrected chi connectivity index (χ4v) is 2.86. The molecule has 21 heavy (non-hydrogen) atoms. The van der Waals surface area contributed by atoms with Crippen LogP contribution in [-0.2, 0) is 6.42 Å². The number of carbonyl (C=O) groups excluding carboxylic acids is 1. The van der Waals surface area contributed by atoms with Gasteiger partial charge in [-0.05, 0) is 45.4 Å². The summed E-state index contributed by atoms with van der Waals surface area (Å²) in [5, 5.41) is 7.02. The van der Waals surface area contributed by atoms with Crippen LogP contribution in [0.15, 0.2) is 4.52 Å². The number of hydrogen-bond acceptors (Lipinski definition) is 4. The lowest BCUT2D eigenvalue weighted by molar-refractivity contribution is 0.159. The van der Waals surface area contributed by atoms with Gasteiger partial charge in [0, 0.05) is 31.5 Å². The molecule has 6 nitrogen and oxygen atoms in total. The molecule has 2 aliphatic rings. The first-order valence-corrected chi connectivity index (χ1v) is 7.99. The molecule has 1 aromatic rings. The zero-order valence-electron chi connectivity index (χ0n) is 12.8. The van der Waals surface area contributed by atoms with E-state index in [9.17, 15) is 4.79 Å². The van der Waals surface area contributed by atoms with Gasteiger partial charge in [-0.3, -0.25) is 0 Å². The number of likely N-dealkylation sites (tertiary alicyclic amines) is 1. The Bertz CT molecular complexity index is 496. The maximum Gasteiger partial charge on any atom is 0.317 e. The van der Waals surface area contributed by atoms with Crippen LogP contribution in [-0.4, -0.2) is 40.2 Å². The summed E-state index contributed by atoms with van der Waals surface area (Å²) in [7, 11) is 0. The third-order valence-corrected chi connectivity index (χ3v) is 4.11. The molecule has 116 valence electrons. The topological polar surface area (TPSA) is 71.3 Å². The summed E-state index contributed by atoms with van der Waals surface area (Å²) >= 11 is 0. The molecule has 0 spiro atoms. The maximum absolute atomic E-state index is 12.1. The van der Waals surface area contributed by atoms with E-state index >= 15 is 0 Å². The van der Waals surface area contributed by atoms with Crippen molar-refractivity contribution in [3.8, 4) is 0 Å². The number of aromatic nitrogens is 2. The molecule has 3 rings (SSSR count). The summed E-state index contributed by atoms with van der Waals surface area (Å²) in [5.74, 6) is 2.55. The SMILES string of the molecule is CC(C)NC(=O)N1CCCC(Cc2nc(C3CC3)no2)C1. The molecular formula is C15H24N4O2. The second-order valence-corrected chi connectivity index (χ2v) is 6.58. The Labute approximate surface area is 125 Å². The van der Waals surface area contributed by atoms with E-state index < -0.39 is 0 Å². The van der Waals surface area contributed by atoms with Crippen molar-refractivity contribution in [2.45, 2.75) is 57.9 Å². The summed E-state index contributed by atoms with van der Waals surface area (Å²) in [6, 6.07) is 0.216. The van der Waals surface area contributed by atoms with Crippen molar-refractivity contribution in [3.63, 3.8) is 0 Å². The Morgan fingerprint density at radius 1 is 1.43 bits per heavy atom. The van der Waals surface area contributed by atoms with Crippen LogP contribution in [0.3, 0.4) is 0 Å². The highest BCUT2D eigenvalue weighted by molar-refractivity contribution is 5.74. The zero-order chi connectivity index (χ0) is 14.8. The van der Waals surface area contributed by atoms with Crippen molar-refractivity contribution in [1.82, 2.24) is 20.4 Å². The smallest absolute Gasteiger partial charge is 0.317 e. The van der Waals surface area contributed by atoms with Crippen molar-refractivity contribution in [2.75, 3.05) is 13.1 Å². The van der Waals surface area contributed by atoms with Gasteiger partial charge in [-0.1, -0.05) is 5.16 Å². The Hall–Kier alpha value is -1.59. The molecule has 6 heteroatoms. The quantitative estimate of drug-likeness (QED) is 0.924. The van der Waals surface area contributed by atoms with E-state index in [1.54, 1.807) is 0 Å². The van der Waals surface area contributed by atoms with E-state index in [1.807, 2.05) is 18.7 Å². The molecule has 1 atom stereocenters. The molecule has 1 saturated heterocycles. The van der Waals surface area contributed by atoms with E-state index in [4.69, 9.17) is 4.52 Å². The van der Waals surface area contributed by atoms with E-state index in [2.05, 4.69) is 15.5 Å². The van der Waals surface area contributed by atoms with Crippen LogP contribution >= 0.6 is 0 Å². The van der Waals surface area contributed by atoms with Gasteiger partial charge in [0.2, 0.25) is 5.89 Å². The third kappa shape index (κ3) is 3.74. The summed E-state index contributed by atoms with van der Waals surface area (Å²) < 4.78 is 5.35. The van der Waals surface area contributed by atoms with Crippen molar-refractivity contribution in [3.05, 3.63) is 11.7 Å². The Morgan fingerprint density at radius 2 is 2.24 bits per heavy atom. The average Bonchev–Trinajstić information content (AvgIpc) is 3.19. The third-order valence-electron chi connectivity index (χ3n) is 4.11. The van der Waals surface area contributed by atoms with Gasteiger partial charge in [-0.15, -0.1) is 0 Å². The standard InChI is InChI=1S/C15H24N4O2/c1-10(2)16-15(20)19-7-3-4-11(9-19)8-13-17-14(18-21-13)12-5-6-12/h10-12H,3-9H2,1-2H3,(H,16,20). The van der Waals surface area contributed by atoms with Crippen LogP contribution in [0.2, 0.25) is 0 Å². The van der Waals surface area contributed by atoms with Gasteiger partial charge < -0.3 is 14.7 Å². The molecule has 1 aromatic heterocycles. The molecule has 0 aromatic carbocycles. The van der Waals surface area contributed by atoms with Crippen LogP contribution in [0.25, 0.3) is 0 Å². The van der Waals surface area contributed by atoms with Gasteiger partial charge in [-0.2, -0.15) is 4.98 Å². The predicted molar refractivity (Wildman–Crippen MR) is 77.9 cm³/mol. The van der Waals surface area contributed by atoms with Gasteiger partial charge in [-0.25, -0.2) is 4.79 Å². The van der Waals surface area contributed by atoms with Gasteiger partial charge in [0.25, 0.3) is 0 Å². The largest absolute Gasteiger partial charge is 0.339 e. The number of hydrogen-bond donors (Lipinski definition) is 1. The van der Waals surface area contributed by atoms with E-state index in [0.29, 0.717) is 11.8 Å². The van der Waals surface area contributed by atoms with Crippen LogP contribution in [0.1, 0.15) is 57.2 Å². The minimum Gasteiger partial charge on any atom is -0.339 e. The number of nitrogens with one attached hydrogen (secondary N) is 1. The van der Waals surface area contributed by atoms with Crippen LogP contribution in [0.5, 0.6) is 0 Å². The maximum atomic E-state index is 12.1. The molecule has 1 N–H and O–H groups in total. The molecule has 2 heterocycles. The molecule has 1 aliphatic carbocycles. The molecule has 1 aliphatic heterocycles. The minimum atomic E-state index is 0.0406. The number of urea groups is 1. The monoisotopic (exact) mass is 292 g/mol. The number of piperidine rings is 1. The van der Waals surface area contributed by atoms with Gasteiger partial charge >= 0.3 is 6.03 Å². The molecule has 1 unspecified atom stereocenters. The van der Waals surface area contributed by atoms with E-state index in [1.165, 1.54) is 12.8 Å². The number of amides is 2. The van der Waals surface area contributed by atoms with Gasteiger partial charge in [0.15, 0.2) is 5.82 Å². The first-order valence-electron chi connectivity index (χ1n) is 7.99. The van der Waals surface area contributed by atoms with Gasteiger partial charge in [0.1, 0.15) is 0 Å². The normalized spacial score (nSPS) is 22.6. The molecular weight excluding hydrogens is 268 g/mol. The zero-order valence-corrected chi connectivity index (χ0v) is 12.8. The predicted octanol–water partition coefficient (Wildman–Crippen LogP) is 2.32. The molecule has 0 bridgehead atoms. The number of rotatable bonds is 4. The molecule has 2 amide bonds. The first kappa shape index (κ1) is 14.4. The lowest BCUT2D eigenvalue weighted by Crippen LogP contribution is -2.47. The van der Waals surface area contributed by atoms with Crippen molar-refractivity contribution in [1.29, 1.82) is 0 Å². The van der Waals surface area contributed by atoms with Crippen LogP contribution in [0, 0.1) is 5.92 Å². The highest BCUT2D eigenvalue weighted by atomic mass is 16.5. The van der Waals surface area contributed by atoms with Crippen molar-refractivity contribution >= 4 is 6.03 Å². The summed E-state index contributed by atoms with van der Waals surface area (Å²) in [6.45, 7) is 5.58. The lowest BCUT2D eigenvalue weighted by Gasteiger charge is -2.32. The van der Waals surface area contributed by atoms with E-state index in [-0.39, 0.29) is 12.1 Å². The Balaban J connectivity index is 1.53. The Morgan fingerprint density at radius 3 is 2.95 bits per heavy atom. The van der Waals surface area contributed by atoms with Gasteiger partial charge in [0.05, 0.1) is 0 Å². The molecule has 2 fully saturated rings. The fourth-order valence-electron chi connectivity index (χ4n) is 2.86. The molecule has 1 saturated carbocycles. The highest BCUT2D eigenvalue weighted by Crippen LogP contribution is 2.38. The Kier molecular flexibility index (Phi) is 4.12. The van der Waals surface area contributed by atoms with Crippen LogP contribution in [0.4, 0.5) is 4.79 Å². The average molecular weight is 292 g/mol. The van der Waals surface area contributed by atoms with Crippen molar-refractivity contribution in [2.24, 2.45) is 5.92 Å². The first-order chi connectivity index (χ1) is 10.1. The second-order valence-electron chi connectivity index (χ2n) is 6.58. The summed E-state index contributed by atoms with van der Waals surface area (Å²) in [6.07, 6.45) is 5.31. The number of nitrogens with zero attached hydrogens (tertiary/aromatic N) is 3. The summed E-state index contributed by atoms with van der Waals surface area (Å²) in [5.41, 5.74) is 0. The van der Waals surface area contributed by atoms with Crippen LogP contribution < -0.4 is 5.32 Å². The van der Waals surface area contributed by atoms with E-state index in [0.717, 1.165) is 44.1 Å². The minimum absolute atomic E-state index is 0.0406. The number of carbonyl (C=O) groups is 1. The highest BCUT2D eigenvalue weighted by Gasteiger charge is 2.30. The van der Waals surface area contributed by atoms with Crippen molar-refractivity contribution < 1.29 is 9.32 Å². The summed E-state index contributed by atoms with van der Waals surface area (Å²) in [4.78, 5) is 18.5.